The highest BCUT2D eigenvalue weighted by Gasteiger charge is 2.19. The summed E-state index contributed by atoms with van der Waals surface area (Å²) in [6.45, 7) is 0. The van der Waals surface area contributed by atoms with E-state index in [2.05, 4.69) is 20.5 Å². The number of aromatic nitrogens is 2. The van der Waals surface area contributed by atoms with Gasteiger partial charge in [0, 0.05) is 4.88 Å². The van der Waals surface area contributed by atoms with Crippen molar-refractivity contribution in [1.29, 1.82) is 0 Å². The van der Waals surface area contributed by atoms with Gasteiger partial charge in [-0.2, -0.15) is 5.10 Å². The predicted molar refractivity (Wildman–Crippen MR) is 93.4 cm³/mol. The number of fused-ring (bicyclic) bond motifs is 3. The molecule has 23 heavy (non-hydrogen) atoms. The zero-order valence-corrected chi connectivity index (χ0v) is 13.3. The van der Waals surface area contributed by atoms with Gasteiger partial charge in [-0.25, -0.2) is 9.97 Å². The molecule has 0 fully saturated rings. The fourth-order valence-electron chi connectivity index (χ4n) is 2.95. The normalized spacial score (nSPS) is 14.3. The van der Waals surface area contributed by atoms with Crippen LogP contribution in [0.2, 0.25) is 0 Å². The lowest BCUT2D eigenvalue weighted by atomic mass is 9.97. The first-order chi connectivity index (χ1) is 11.3. The summed E-state index contributed by atoms with van der Waals surface area (Å²) in [4.78, 5) is 11.2. The van der Waals surface area contributed by atoms with Crippen molar-refractivity contribution >= 4 is 33.6 Å². The lowest BCUT2D eigenvalue weighted by molar-refractivity contribution is 0.475. The van der Waals surface area contributed by atoms with E-state index in [1.165, 1.54) is 23.3 Å². The van der Waals surface area contributed by atoms with E-state index in [1.807, 2.05) is 6.07 Å². The Balaban J connectivity index is 1.65. The summed E-state index contributed by atoms with van der Waals surface area (Å²) in [7, 11) is 0. The molecule has 0 bridgehead atoms. The number of nitrogens with one attached hydrogen (secondary N) is 1. The number of phenolic OH excluding ortho intramolecular Hbond substituents is 1. The van der Waals surface area contributed by atoms with Gasteiger partial charge in [0.2, 0.25) is 0 Å². The Hall–Kier alpha value is -2.47. The van der Waals surface area contributed by atoms with Crippen LogP contribution in [-0.2, 0) is 12.8 Å². The van der Waals surface area contributed by atoms with Gasteiger partial charge in [0.15, 0.2) is 5.82 Å². The van der Waals surface area contributed by atoms with Crippen LogP contribution in [0.5, 0.6) is 5.75 Å². The monoisotopic (exact) mass is 324 g/mol. The summed E-state index contributed by atoms with van der Waals surface area (Å²) < 4.78 is 0. The van der Waals surface area contributed by atoms with E-state index >= 15 is 0 Å². The third kappa shape index (κ3) is 2.77. The van der Waals surface area contributed by atoms with Crippen LogP contribution >= 0.6 is 11.3 Å². The molecule has 0 atom stereocenters. The minimum atomic E-state index is 0.227. The second kappa shape index (κ2) is 5.96. The van der Waals surface area contributed by atoms with Crippen LogP contribution in [0, 0.1) is 0 Å². The van der Waals surface area contributed by atoms with E-state index in [1.54, 1.807) is 42.1 Å². The molecule has 0 spiro atoms. The van der Waals surface area contributed by atoms with Crippen LogP contribution in [0.1, 0.15) is 28.8 Å². The number of hydrogen-bond acceptors (Lipinski definition) is 6. The number of aromatic hydroxyl groups is 1. The highest BCUT2D eigenvalue weighted by molar-refractivity contribution is 7.19. The van der Waals surface area contributed by atoms with Crippen molar-refractivity contribution < 1.29 is 5.11 Å². The zero-order valence-electron chi connectivity index (χ0n) is 12.5. The summed E-state index contributed by atoms with van der Waals surface area (Å²) in [6, 6.07) is 6.96. The molecule has 3 aromatic rings. The maximum atomic E-state index is 9.47. The highest BCUT2D eigenvalue weighted by atomic mass is 32.1. The second-order valence-corrected chi connectivity index (χ2v) is 6.66. The van der Waals surface area contributed by atoms with Gasteiger partial charge in [0.1, 0.15) is 16.9 Å². The van der Waals surface area contributed by atoms with E-state index in [0.717, 1.165) is 34.4 Å². The number of benzene rings is 1. The number of nitrogens with zero attached hydrogens (tertiary/aromatic N) is 3. The second-order valence-electron chi connectivity index (χ2n) is 5.58. The molecule has 0 saturated carbocycles. The fourth-order valence-corrected chi connectivity index (χ4v) is 4.18. The first-order valence-corrected chi connectivity index (χ1v) is 8.46. The van der Waals surface area contributed by atoms with Crippen molar-refractivity contribution in [2.24, 2.45) is 5.10 Å². The number of phenols is 1. The molecule has 6 heteroatoms. The fraction of sp³-hybridized carbons (Fsp3) is 0.235. The average Bonchev–Trinajstić information content (AvgIpc) is 2.94. The molecule has 1 aliphatic carbocycles. The lowest BCUT2D eigenvalue weighted by Crippen LogP contribution is -2.00. The van der Waals surface area contributed by atoms with Crippen molar-refractivity contribution in [3.8, 4) is 5.75 Å². The molecule has 2 N–H and O–H groups in total. The van der Waals surface area contributed by atoms with Crippen molar-refractivity contribution in [3.05, 3.63) is 46.6 Å². The number of rotatable bonds is 3. The van der Waals surface area contributed by atoms with Crippen LogP contribution in [0.15, 0.2) is 35.7 Å². The van der Waals surface area contributed by atoms with Crippen LogP contribution in [0.25, 0.3) is 10.2 Å². The SMILES string of the molecule is Oc1cccc(/C=N/Nc2ncnc3sc4c(c23)CCCC4)c1. The molecule has 0 aliphatic heterocycles. The first kappa shape index (κ1) is 14.1. The smallest absolute Gasteiger partial charge is 0.158 e. The molecular weight excluding hydrogens is 308 g/mol. The molecule has 1 aromatic carbocycles. The Bertz CT molecular complexity index is 887. The standard InChI is InChI=1S/C17H16N4OS/c22-12-5-3-4-11(8-12)9-20-21-16-15-13-6-1-2-7-14(13)23-17(15)19-10-18-16/h3-5,8-10,22H,1-2,6-7H2,(H,18,19,21)/b20-9+. The van der Waals surface area contributed by atoms with Crippen molar-refractivity contribution in [2.45, 2.75) is 25.7 Å². The quantitative estimate of drug-likeness (QED) is 0.569. The van der Waals surface area contributed by atoms with Gasteiger partial charge in [-0.3, -0.25) is 5.43 Å². The topological polar surface area (TPSA) is 70.4 Å². The maximum Gasteiger partial charge on any atom is 0.158 e. The lowest BCUT2D eigenvalue weighted by Gasteiger charge is -2.11. The number of aryl methyl sites for hydroxylation is 2. The molecule has 0 saturated heterocycles. The van der Waals surface area contributed by atoms with Gasteiger partial charge in [0.05, 0.1) is 11.6 Å². The molecule has 0 radical (unpaired) electrons. The third-order valence-corrected chi connectivity index (χ3v) is 5.21. The number of hydrazone groups is 1. The van der Waals surface area contributed by atoms with Gasteiger partial charge >= 0.3 is 0 Å². The van der Waals surface area contributed by atoms with Gasteiger partial charge in [-0.15, -0.1) is 11.3 Å². The molecule has 0 amide bonds. The summed E-state index contributed by atoms with van der Waals surface area (Å²) in [5.41, 5.74) is 5.25. The van der Waals surface area contributed by atoms with Crippen molar-refractivity contribution in [1.82, 2.24) is 9.97 Å². The Morgan fingerprint density at radius 2 is 2.13 bits per heavy atom. The number of anilines is 1. The largest absolute Gasteiger partial charge is 0.508 e. The summed E-state index contributed by atoms with van der Waals surface area (Å²) in [6.07, 6.45) is 7.96. The molecule has 2 aromatic heterocycles. The summed E-state index contributed by atoms with van der Waals surface area (Å²) in [5.74, 6) is 0.982. The first-order valence-electron chi connectivity index (χ1n) is 7.64. The molecule has 1 aliphatic rings. The van der Waals surface area contributed by atoms with E-state index < -0.39 is 0 Å². The van der Waals surface area contributed by atoms with Crippen LogP contribution in [-0.4, -0.2) is 21.3 Å². The van der Waals surface area contributed by atoms with Crippen molar-refractivity contribution in [3.63, 3.8) is 0 Å². The Morgan fingerprint density at radius 3 is 3.04 bits per heavy atom. The Kier molecular flexibility index (Phi) is 3.67. The minimum Gasteiger partial charge on any atom is -0.508 e. The number of hydrogen-bond donors (Lipinski definition) is 2. The van der Waals surface area contributed by atoms with E-state index in [9.17, 15) is 5.11 Å². The van der Waals surface area contributed by atoms with Crippen LogP contribution < -0.4 is 5.43 Å². The predicted octanol–water partition coefficient (Wildman–Crippen LogP) is 3.72. The van der Waals surface area contributed by atoms with Gasteiger partial charge in [-0.1, -0.05) is 12.1 Å². The Labute approximate surface area is 137 Å². The maximum absolute atomic E-state index is 9.47. The molecular formula is C17H16N4OS. The highest BCUT2D eigenvalue weighted by Crippen LogP contribution is 2.38. The minimum absolute atomic E-state index is 0.227. The summed E-state index contributed by atoms with van der Waals surface area (Å²) in [5, 5.41) is 14.8. The summed E-state index contributed by atoms with van der Waals surface area (Å²) >= 11 is 1.77. The van der Waals surface area contributed by atoms with Crippen LogP contribution in [0.4, 0.5) is 5.82 Å². The number of thiophene rings is 1. The van der Waals surface area contributed by atoms with Crippen molar-refractivity contribution in [2.75, 3.05) is 5.43 Å². The van der Waals surface area contributed by atoms with E-state index in [-0.39, 0.29) is 5.75 Å². The van der Waals surface area contributed by atoms with Crippen LogP contribution in [0.3, 0.4) is 0 Å². The molecule has 5 nitrogen and oxygen atoms in total. The third-order valence-electron chi connectivity index (χ3n) is 4.01. The van der Waals surface area contributed by atoms with E-state index in [0.29, 0.717) is 0 Å². The van der Waals surface area contributed by atoms with E-state index in [4.69, 9.17) is 0 Å². The molecule has 116 valence electrons. The average molecular weight is 324 g/mol. The molecule has 2 heterocycles. The Morgan fingerprint density at radius 1 is 1.22 bits per heavy atom. The van der Waals surface area contributed by atoms with Gasteiger partial charge in [0.25, 0.3) is 0 Å². The zero-order chi connectivity index (χ0) is 15.6. The van der Waals surface area contributed by atoms with Gasteiger partial charge in [-0.05, 0) is 48.9 Å². The molecule has 4 rings (SSSR count). The molecule has 0 unspecified atom stereocenters. The van der Waals surface area contributed by atoms with Gasteiger partial charge < -0.3 is 5.11 Å².